The summed E-state index contributed by atoms with van der Waals surface area (Å²) in [4.78, 5) is 14.3. The predicted octanol–water partition coefficient (Wildman–Crippen LogP) is 3.11. The number of rotatable bonds is 3. The maximum Gasteiger partial charge on any atom is 0.311 e. The summed E-state index contributed by atoms with van der Waals surface area (Å²) in [5.41, 5.74) is 0.00668. The Morgan fingerprint density at radius 2 is 2.14 bits per heavy atom. The van der Waals surface area contributed by atoms with Crippen molar-refractivity contribution in [3.05, 3.63) is 45.1 Å². The van der Waals surface area contributed by atoms with Crippen molar-refractivity contribution in [2.45, 2.75) is 0 Å². The Hall–Kier alpha value is -2.68. The van der Waals surface area contributed by atoms with Crippen molar-refractivity contribution < 1.29 is 14.4 Å². The van der Waals surface area contributed by atoms with Crippen molar-refractivity contribution in [1.29, 1.82) is 0 Å². The van der Waals surface area contributed by atoms with Gasteiger partial charge < -0.3 is 9.52 Å². The SMILES string of the molecule is O=[N+]([O-])c1cc(-c2n[nH]c(-c3ccc(Br)o3)n2)ccc1O. The van der Waals surface area contributed by atoms with E-state index in [1.165, 1.54) is 18.2 Å². The number of nitrogens with zero attached hydrogens (tertiary/aromatic N) is 3. The first-order chi connectivity index (χ1) is 10.0. The van der Waals surface area contributed by atoms with Gasteiger partial charge in [-0.05, 0) is 40.2 Å². The number of benzene rings is 1. The molecule has 21 heavy (non-hydrogen) atoms. The monoisotopic (exact) mass is 350 g/mol. The van der Waals surface area contributed by atoms with Gasteiger partial charge in [-0.25, -0.2) is 4.98 Å². The number of nitrogens with one attached hydrogen (secondary N) is 1. The molecule has 0 aliphatic rings. The fourth-order valence-electron chi connectivity index (χ4n) is 1.75. The molecule has 0 fully saturated rings. The average molecular weight is 351 g/mol. The van der Waals surface area contributed by atoms with Gasteiger partial charge in [0.05, 0.1) is 4.92 Å². The lowest BCUT2D eigenvalue weighted by Gasteiger charge is -1.98. The van der Waals surface area contributed by atoms with Crippen LogP contribution in [0.15, 0.2) is 39.4 Å². The van der Waals surface area contributed by atoms with Gasteiger partial charge in [0.2, 0.25) is 0 Å². The van der Waals surface area contributed by atoms with Gasteiger partial charge in [-0.2, -0.15) is 5.10 Å². The molecule has 8 nitrogen and oxygen atoms in total. The van der Waals surface area contributed by atoms with Crippen LogP contribution in [0, 0.1) is 10.1 Å². The zero-order chi connectivity index (χ0) is 15.0. The molecule has 3 rings (SSSR count). The Balaban J connectivity index is 2.00. The first kappa shape index (κ1) is 13.3. The van der Waals surface area contributed by atoms with Crippen LogP contribution in [-0.4, -0.2) is 25.2 Å². The number of halogens is 1. The molecule has 0 aliphatic carbocycles. The lowest BCUT2D eigenvalue weighted by Crippen LogP contribution is -1.90. The van der Waals surface area contributed by atoms with Gasteiger partial charge in [0.25, 0.3) is 0 Å². The molecule has 3 aromatic rings. The molecule has 0 aliphatic heterocycles. The highest BCUT2D eigenvalue weighted by molar-refractivity contribution is 9.10. The Morgan fingerprint density at radius 3 is 2.81 bits per heavy atom. The van der Waals surface area contributed by atoms with Gasteiger partial charge in [-0.15, -0.1) is 0 Å². The second-order valence-corrected chi connectivity index (χ2v) is 4.85. The van der Waals surface area contributed by atoms with E-state index in [1.54, 1.807) is 12.1 Å². The van der Waals surface area contributed by atoms with Crippen LogP contribution in [0.2, 0.25) is 0 Å². The molecule has 0 amide bonds. The fourth-order valence-corrected chi connectivity index (χ4v) is 2.06. The lowest BCUT2D eigenvalue weighted by atomic mass is 10.2. The van der Waals surface area contributed by atoms with Crippen LogP contribution in [-0.2, 0) is 0 Å². The van der Waals surface area contributed by atoms with E-state index in [0.717, 1.165) is 0 Å². The van der Waals surface area contributed by atoms with E-state index >= 15 is 0 Å². The topological polar surface area (TPSA) is 118 Å². The smallest absolute Gasteiger partial charge is 0.311 e. The standard InChI is InChI=1S/C12H7BrN4O4/c13-10-4-3-9(21-10)12-14-11(15-16-12)6-1-2-8(18)7(5-6)17(19)20/h1-5,18H,(H,14,15,16). The van der Waals surface area contributed by atoms with E-state index in [4.69, 9.17) is 4.42 Å². The number of aromatic nitrogens is 3. The number of nitro groups is 1. The van der Waals surface area contributed by atoms with Gasteiger partial charge in [-0.1, -0.05) is 0 Å². The molecule has 0 unspecified atom stereocenters. The number of aromatic hydroxyl groups is 1. The van der Waals surface area contributed by atoms with Gasteiger partial charge in [-0.3, -0.25) is 15.2 Å². The molecule has 9 heteroatoms. The number of hydrogen-bond donors (Lipinski definition) is 2. The molecule has 0 atom stereocenters. The average Bonchev–Trinajstić information content (AvgIpc) is 3.07. The molecule has 0 saturated carbocycles. The van der Waals surface area contributed by atoms with Gasteiger partial charge in [0, 0.05) is 11.6 Å². The number of hydrogen-bond acceptors (Lipinski definition) is 6. The summed E-state index contributed by atoms with van der Waals surface area (Å²) in [5.74, 6) is 0.732. The third-order valence-corrected chi connectivity index (χ3v) is 3.15. The van der Waals surface area contributed by atoms with Crippen LogP contribution < -0.4 is 0 Å². The minimum atomic E-state index is -0.671. The molecule has 2 N–H and O–H groups in total. The minimum absolute atomic E-state index is 0.264. The van der Waals surface area contributed by atoms with Gasteiger partial charge in [0.1, 0.15) is 0 Å². The highest BCUT2D eigenvalue weighted by Crippen LogP contribution is 2.31. The quantitative estimate of drug-likeness (QED) is 0.553. The van der Waals surface area contributed by atoms with Crippen molar-refractivity contribution in [3.8, 4) is 28.7 Å². The molecule has 2 heterocycles. The van der Waals surface area contributed by atoms with Crippen LogP contribution >= 0.6 is 15.9 Å². The summed E-state index contributed by atoms with van der Waals surface area (Å²) >= 11 is 3.18. The number of nitro benzene ring substituents is 1. The third-order valence-electron chi connectivity index (χ3n) is 2.72. The molecule has 1 aromatic carbocycles. The van der Waals surface area contributed by atoms with Crippen LogP contribution in [0.5, 0.6) is 5.75 Å². The normalized spacial score (nSPS) is 10.7. The maximum absolute atomic E-state index is 10.8. The maximum atomic E-state index is 10.8. The molecule has 106 valence electrons. The van der Waals surface area contributed by atoms with Gasteiger partial charge >= 0.3 is 5.69 Å². The Kier molecular flexibility index (Phi) is 3.18. The Morgan fingerprint density at radius 1 is 1.33 bits per heavy atom. The predicted molar refractivity (Wildman–Crippen MR) is 75.5 cm³/mol. The number of phenols is 1. The molecule has 0 spiro atoms. The summed E-state index contributed by atoms with van der Waals surface area (Å²) < 4.78 is 5.89. The summed E-state index contributed by atoms with van der Waals surface area (Å²) in [5, 5.41) is 26.9. The summed E-state index contributed by atoms with van der Waals surface area (Å²) in [6.07, 6.45) is 0. The number of H-pyrrole nitrogens is 1. The lowest BCUT2D eigenvalue weighted by molar-refractivity contribution is -0.385. The molecular weight excluding hydrogens is 344 g/mol. The first-order valence-electron chi connectivity index (χ1n) is 5.70. The van der Waals surface area contributed by atoms with Crippen molar-refractivity contribution in [2.24, 2.45) is 0 Å². The fraction of sp³-hybridized carbons (Fsp3) is 0. The van der Waals surface area contributed by atoms with Crippen molar-refractivity contribution in [3.63, 3.8) is 0 Å². The highest BCUT2D eigenvalue weighted by Gasteiger charge is 2.17. The number of aromatic amines is 1. The summed E-state index contributed by atoms with van der Waals surface area (Å²) in [7, 11) is 0. The minimum Gasteiger partial charge on any atom is -0.502 e. The van der Waals surface area contributed by atoms with Crippen molar-refractivity contribution in [2.75, 3.05) is 0 Å². The Bertz CT molecular complexity index is 826. The second-order valence-electron chi connectivity index (χ2n) is 4.07. The molecular formula is C12H7BrN4O4. The summed E-state index contributed by atoms with van der Waals surface area (Å²) in [6.45, 7) is 0. The van der Waals surface area contributed by atoms with E-state index in [2.05, 4.69) is 31.1 Å². The van der Waals surface area contributed by atoms with Crippen LogP contribution in [0.1, 0.15) is 0 Å². The summed E-state index contributed by atoms with van der Waals surface area (Å²) in [6, 6.07) is 7.34. The highest BCUT2D eigenvalue weighted by atomic mass is 79.9. The van der Waals surface area contributed by atoms with E-state index in [9.17, 15) is 15.2 Å². The van der Waals surface area contributed by atoms with E-state index in [-0.39, 0.29) is 5.82 Å². The molecule has 2 aromatic heterocycles. The largest absolute Gasteiger partial charge is 0.502 e. The number of phenolic OH excluding ortho intramolecular Hbond substituents is 1. The number of furan rings is 1. The van der Waals surface area contributed by atoms with Crippen LogP contribution in [0.25, 0.3) is 23.0 Å². The zero-order valence-electron chi connectivity index (χ0n) is 10.3. The van der Waals surface area contributed by atoms with E-state index < -0.39 is 16.4 Å². The molecule has 0 bridgehead atoms. The van der Waals surface area contributed by atoms with Crippen molar-refractivity contribution in [1.82, 2.24) is 15.2 Å². The first-order valence-corrected chi connectivity index (χ1v) is 6.50. The van der Waals surface area contributed by atoms with E-state index in [0.29, 0.717) is 21.8 Å². The van der Waals surface area contributed by atoms with Gasteiger partial charge in [0.15, 0.2) is 27.8 Å². The van der Waals surface area contributed by atoms with Crippen LogP contribution in [0.3, 0.4) is 0 Å². The molecule has 0 radical (unpaired) electrons. The molecule has 0 saturated heterocycles. The third kappa shape index (κ3) is 2.50. The van der Waals surface area contributed by atoms with E-state index in [1.807, 2.05) is 0 Å². The van der Waals surface area contributed by atoms with Crippen LogP contribution in [0.4, 0.5) is 5.69 Å². The second kappa shape index (κ2) is 5.02. The zero-order valence-corrected chi connectivity index (χ0v) is 11.9. The van der Waals surface area contributed by atoms with Crippen molar-refractivity contribution >= 4 is 21.6 Å². The Labute approximate surface area is 125 Å².